The molecule has 0 aromatic heterocycles. The van der Waals surface area contributed by atoms with Crippen LogP contribution in [0.2, 0.25) is 0 Å². The summed E-state index contributed by atoms with van der Waals surface area (Å²) < 4.78 is 5.35. The fourth-order valence-corrected chi connectivity index (χ4v) is 4.68. The van der Waals surface area contributed by atoms with E-state index in [0.717, 1.165) is 50.6 Å². The molecule has 0 radical (unpaired) electrons. The zero-order valence-electron chi connectivity index (χ0n) is 15.5. The predicted octanol–water partition coefficient (Wildman–Crippen LogP) is 3.26. The Hall–Kier alpha value is -1.20. The minimum Gasteiger partial charge on any atom is -0.497 e. The van der Waals surface area contributed by atoms with Gasteiger partial charge >= 0.3 is 0 Å². The van der Waals surface area contributed by atoms with Crippen LogP contribution in [0.1, 0.15) is 31.2 Å². The van der Waals surface area contributed by atoms with E-state index in [9.17, 15) is 4.79 Å². The molecule has 3 rings (SSSR count). The first-order valence-electron chi connectivity index (χ1n) is 9.26. The molecular formula is C20H30N2O2S. The minimum atomic E-state index is 0.312. The molecule has 4 nitrogen and oxygen atoms in total. The molecule has 1 aromatic carbocycles. The summed E-state index contributed by atoms with van der Waals surface area (Å²) in [6, 6.07) is 8.37. The van der Waals surface area contributed by atoms with Crippen LogP contribution >= 0.6 is 11.8 Å². The van der Waals surface area contributed by atoms with Gasteiger partial charge in [0.15, 0.2) is 0 Å². The van der Waals surface area contributed by atoms with E-state index in [-0.39, 0.29) is 0 Å². The summed E-state index contributed by atoms with van der Waals surface area (Å²) in [6.07, 6.45) is 6.40. The highest BCUT2D eigenvalue weighted by molar-refractivity contribution is 7.98. The quantitative estimate of drug-likeness (QED) is 0.778. The average Bonchev–Trinajstić information content (AvgIpc) is 3.03. The molecule has 2 aliphatic heterocycles. The van der Waals surface area contributed by atoms with E-state index < -0.39 is 0 Å². The number of piperidine rings is 1. The van der Waals surface area contributed by atoms with Gasteiger partial charge in [-0.3, -0.25) is 9.69 Å². The Morgan fingerprint density at radius 1 is 1.28 bits per heavy atom. The third-order valence-electron chi connectivity index (χ3n) is 5.59. The van der Waals surface area contributed by atoms with E-state index in [1.165, 1.54) is 18.4 Å². The van der Waals surface area contributed by atoms with E-state index in [1.807, 2.05) is 6.07 Å². The molecule has 1 spiro atoms. The van der Waals surface area contributed by atoms with Gasteiger partial charge in [-0.1, -0.05) is 12.1 Å². The smallest absolute Gasteiger partial charge is 0.223 e. The first-order chi connectivity index (χ1) is 12.1. The standard InChI is InChI=1S/C20H30N2O2S/c1-24-18-6-3-5-17(13-18)14-21-10-4-8-20(15-21)9-11-22(16-20)19(23)7-12-25-2/h3,5-6,13H,4,7-12,14-16H2,1-2H3. The highest BCUT2D eigenvalue weighted by atomic mass is 32.2. The molecule has 138 valence electrons. The number of carbonyl (C=O) groups excluding carboxylic acids is 1. The van der Waals surface area contributed by atoms with Crippen molar-refractivity contribution < 1.29 is 9.53 Å². The number of benzene rings is 1. The van der Waals surface area contributed by atoms with E-state index >= 15 is 0 Å². The van der Waals surface area contributed by atoms with E-state index in [1.54, 1.807) is 18.9 Å². The second-order valence-electron chi connectivity index (χ2n) is 7.47. The number of ether oxygens (including phenoxy) is 1. The lowest BCUT2D eigenvalue weighted by molar-refractivity contribution is -0.130. The SMILES string of the molecule is COc1cccc(CN2CCCC3(CCN(C(=O)CCSC)C3)C2)c1. The molecule has 2 saturated heterocycles. The van der Waals surface area contributed by atoms with Crippen molar-refractivity contribution in [3.63, 3.8) is 0 Å². The van der Waals surface area contributed by atoms with Crippen molar-refractivity contribution in [3.8, 4) is 5.75 Å². The molecule has 1 aromatic rings. The molecule has 2 fully saturated rings. The van der Waals surface area contributed by atoms with Crippen LogP contribution in [0.5, 0.6) is 5.75 Å². The second-order valence-corrected chi connectivity index (χ2v) is 8.46. The van der Waals surface area contributed by atoms with Gasteiger partial charge in [0, 0.05) is 43.8 Å². The molecular weight excluding hydrogens is 332 g/mol. The Labute approximate surface area is 155 Å². The minimum absolute atomic E-state index is 0.312. The number of hydrogen-bond acceptors (Lipinski definition) is 4. The number of nitrogens with zero attached hydrogens (tertiary/aromatic N) is 2. The fourth-order valence-electron chi connectivity index (χ4n) is 4.30. The second kappa shape index (κ2) is 8.45. The summed E-state index contributed by atoms with van der Waals surface area (Å²) in [6.45, 7) is 5.13. The predicted molar refractivity (Wildman–Crippen MR) is 104 cm³/mol. The molecule has 1 unspecified atom stereocenters. The molecule has 0 N–H and O–H groups in total. The Bertz CT molecular complexity index is 595. The summed E-state index contributed by atoms with van der Waals surface area (Å²) in [4.78, 5) is 17.0. The number of rotatable bonds is 6. The van der Waals surface area contributed by atoms with Crippen molar-refractivity contribution in [2.45, 2.75) is 32.2 Å². The third kappa shape index (κ3) is 4.70. The zero-order valence-corrected chi connectivity index (χ0v) is 16.3. The Morgan fingerprint density at radius 2 is 2.16 bits per heavy atom. The molecule has 1 amide bonds. The van der Waals surface area contributed by atoms with Crippen molar-refractivity contribution >= 4 is 17.7 Å². The van der Waals surface area contributed by atoms with Crippen molar-refractivity contribution in [2.24, 2.45) is 5.41 Å². The maximum absolute atomic E-state index is 12.4. The first-order valence-corrected chi connectivity index (χ1v) is 10.7. The maximum atomic E-state index is 12.4. The summed E-state index contributed by atoms with van der Waals surface area (Å²) in [7, 11) is 1.72. The van der Waals surface area contributed by atoms with Gasteiger partial charge < -0.3 is 9.64 Å². The lowest BCUT2D eigenvalue weighted by Crippen LogP contribution is -2.45. The Morgan fingerprint density at radius 3 is 2.96 bits per heavy atom. The van der Waals surface area contributed by atoms with Gasteiger partial charge in [-0.25, -0.2) is 0 Å². The maximum Gasteiger partial charge on any atom is 0.223 e. The lowest BCUT2D eigenvalue weighted by Gasteiger charge is -2.40. The summed E-state index contributed by atoms with van der Waals surface area (Å²) in [5, 5.41) is 0. The molecule has 0 saturated carbocycles. The topological polar surface area (TPSA) is 32.8 Å². The number of amides is 1. The van der Waals surface area contributed by atoms with Crippen LogP contribution in [-0.4, -0.2) is 61.0 Å². The Kier molecular flexibility index (Phi) is 6.29. The van der Waals surface area contributed by atoms with Crippen LogP contribution in [-0.2, 0) is 11.3 Å². The van der Waals surface area contributed by atoms with Gasteiger partial charge in [-0.15, -0.1) is 0 Å². The highest BCUT2D eigenvalue weighted by Crippen LogP contribution is 2.39. The first kappa shape index (κ1) is 18.6. The average molecular weight is 363 g/mol. The number of hydrogen-bond donors (Lipinski definition) is 0. The largest absolute Gasteiger partial charge is 0.497 e. The summed E-state index contributed by atoms with van der Waals surface area (Å²) in [5.41, 5.74) is 1.62. The van der Waals surface area contributed by atoms with Crippen LogP contribution in [0.3, 0.4) is 0 Å². The molecule has 5 heteroatoms. The van der Waals surface area contributed by atoms with E-state index in [0.29, 0.717) is 17.7 Å². The van der Waals surface area contributed by atoms with Crippen LogP contribution < -0.4 is 4.74 Å². The number of thioether (sulfide) groups is 1. The van der Waals surface area contributed by atoms with Crippen LogP contribution in [0, 0.1) is 5.41 Å². The normalized spacial score (nSPS) is 24.0. The van der Waals surface area contributed by atoms with Crippen LogP contribution in [0.25, 0.3) is 0 Å². The zero-order chi connectivity index (χ0) is 17.7. The highest BCUT2D eigenvalue weighted by Gasteiger charge is 2.42. The molecule has 2 aliphatic rings. The van der Waals surface area contributed by atoms with E-state index in [2.05, 4.69) is 34.3 Å². The van der Waals surface area contributed by atoms with Gasteiger partial charge in [-0.05, 0) is 49.8 Å². The molecule has 0 aliphatic carbocycles. The van der Waals surface area contributed by atoms with Gasteiger partial charge in [-0.2, -0.15) is 11.8 Å². The number of carbonyl (C=O) groups is 1. The molecule has 2 heterocycles. The monoisotopic (exact) mass is 362 g/mol. The summed E-state index contributed by atoms with van der Waals surface area (Å²) in [5.74, 6) is 2.21. The molecule has 0 bridgehead atoms. The van der Waals surface area contributed by atoms with Gasteiger partial charge in [0.2, 0.25) is 5.91 Å². The van der Waals surface area contributed by atoms with E-state index in [4.69, 9.17) is 4.74 Å². The van der Waals surface area contributed by atoms with Gasteiger partial charge in [0.05, 0.1) is 7.11 Å². The van der Waals surface area contributed by atoms with Gasteiger partial charge in [0.1, 0.15) is 5.75 Å². The molecule has 25 heavy (non-hydrogen) atoms. The third-order valence-corrected chi connectivity index (χ3v) is 6.20. The summed E-state index contributed by atoms with van der Waals surface area (Å²) >= 11 is 1.75. The molecule has 1 atom stereocenters. The Balaban J connectivity index is 1.58. The van der Waals surface area contributed by atoms with Gasteiger partial charge in [0.25, 0.3) is 0 Å². The lowest BCUT2D eigenvalue weighted by atomic mass is 9.79. The number of methoxy groups -OCH3 is 1. The van der Waals surface area contributed by atoms with Crippen molar-refractivity contribution in [3.05, 3.63) is 29.8 Å². The van der Waals surface area contributed by atoms with Crippen molar-refractivity contribution in [1.29, 1.82) is 0 Å². The number of likely N-dealkylation sites (tertiary alicyclic amines) is 2. The van der Waals surface area contributed by atoms with Crippen molar-refractivity contribution in [2.75, 3.05) is 45.3 Å². The van der Waals surface area contributed by atoms with Crippen LogP contribution in [0.15, 0.2) is 24.3 Å². The van der Waals surface area contributed by atoms with Crippen molar-refractivity contribution in [1.82, 2.24) is 9.80 Å². The van der Waals surface area contributed by atoms with Crippen LogP contribution in [0.4, 0.5) is 0 Å². The fraction of sp³-hybridized carbons (Fsp3) is 0.650.